The monoisotopic (exact) mass is 179 g/mol. The molecule has 3 N–H and O–H groups in total. The second-order valence-corrected chi connectivity index (χ2v) is 3.36. The van der Waals surface area contributed by atoms with Crippen molar-refractivity contribution in [1.29, 1.82) is 0 Å². The van der Waals surface area contributed by atoms with E-state index < -0.39 is 6.10 Å². The van der Waals surface area contributed by atoms with Crippen molar-refractivity contribution in [3.05, 3.63) is 35.4 Å². The maximum atomic E-state index is 9.31. The summed E-state index contributed by atoms with van der Waals surface area (Å²) in [4.78, 5) is 0. The summed E-state index contributed by atoms with van der Waals surface area (Å²) >= 11 is 0. The molecule has 0 spiro atoms. The topological polar surface area (TPSA) is 46.2 Å². The molecule has 2 nitrogen and oxygen atoms in total. The van der Waals surface area contributed by atoms with Crippen LogP contribution in [0.2, 0.25) is 0 Å². The standard InChI is InChI=1S/C11H17NO/c1-3-9-5-4-6-10(7-9)11(12)8(2)13/h4-8,11,13H,3,12H2,1-2H3/t8-,11+/m0/s1. The molecule has 0 aliphatic rings. The van der Waals surface area contributed by atoms with Crippen LogP contribution < -0.4 is 5.73 Å². The highest BCUT2D eigenvalue weighted by Crippen LogP contribution is 2.15. The molecule has 0 fully saturated rings. The lowest BCUT2D eigenvalue weighted by molar-refractivity contribution is 0.164. The van der Waals surface area contributed by atoms with Crippen molar-refractivity contribution in [1.82, 2.24) is 0 Å². The Hall–Kier alpha value is -0.860. The van der Waals surface area contributed by atoms with Crippen molar-refractivity contribution in [2.24, 2.45) is 5.73 Å². The van der Waals surface area contributed by atoms with E-state index in [9.17, 15) is 5.11 Å². The quantitative estimate of drug-likeness (QED) is 0.740. The van der Waals surface area contributed by atoms with Crippen molar-refractivity contribution in [3.63, 3.8) is 0 Å². The molecule has 2 heteroatoms. The fourth-order valence-corrected chi connectivity index (χ4v) is 1.30. The van der Waals surface area contributed by atoms with Gasteiger partial charge in [0.25, 0.3) is 0 Å². The number of aliphatic hydroxyl groups excluding tert-OH is 1. The molecule has 1 aromatic rings. The second kappa shape index (κ2) is 4.40. The zero-order chi connectivity index (χ0) is 9.84. The van der Waals surface area contributed by atoms with Gasteiger partial charge in [-0.05, 0) is 24.5 Å². The van der Waals surface area contributed by atoms with Crippen molar-refractivity contribution >= 4 is 0 Å². The molecule has 0 unspecified atom stereocenters. The minimum atomic E-state index is -0.493. The van der Waals surface area contributed by atoms with Gasteiger partial charge in [-0.25, -0.2) is 0 Å². The van der Waals surface area contributed by atoms with Gasteiger partial charge in [0.1, 0.15) is 0 Å². The van der Waals surface area contributed by atoms with E-state index in [0.29, 0.717) is 0 Å². The first-order valence-corrected chi connectivity index (χ1v) is 4.67. The van der Waals surface area contributed by atoms with Crippen molar-refractivity contribution in [2.45, 2.75) is 32.4 Å². The summed E-state index contributed by atoms with van der Waals surface area (Å²) in [5, 5.41) is 9.31. The maximum Gasteiger partial charge on any atom is 0.0704 e. The summed E-state index contributed by atoms with van der Waals surface area (Å²) in [6, 6.07) is 7.79. The number of benzene rings is 1. The van der Waals surface area contributed by atoms with E-state index in [4.69, 9.17) is 5.73 Å². The molecule has 0 bridgehead atoms. The molecule has 0 saturated carbocycles. The lowest BCUT2D eigenvalue weighted by Gasteiger charge is -2.15. The third kappa shape index (κ3) is 2.54. The fraction of sp³-hybridized carbons (Fsp3) is 0.455. The number of hydrogen-bond donors (Lipinski definition) is 2. The van der Waals surface area contributed by atoms with Gasteiger partial charge in [-0.3, -0.25) is 0 Å². The van der Waals surface area contributed by atoms with Crippen LogP contribution in [0.1, 0.15) is 31.0 Å². The average Bonchev–Trinajstić information content (AvgIpc) is 2.16. The molecule has 0 heterocycles. The molecule has 13 heavy (non-hydrogen) atoms. The predicted octanol–water partition coefficient (Wildman–Crippen LogP) is 1.63. The van der Waals surface area contributed by atoms with Crippen molar-refractivity contribution in [3.8, 4) is 0 Å². The summed E-state index contributed by atoms with van der Waals surface area (Å²) in [7, 11) is 0. The first-order valence-electron chi connectivity index (χ1n) is 4.67. The fourth-order valence-electron chi connectivity index (χ4n) is 1.30. The van der Waals surface area contributed by atoms with Crippen LogP contribution in [0.15, 0.2) is 24.3 Å². The Kier molecular flexibility index (Phi) is 3.46. The molecule has 0 aliphatic heterocycles. The third-order valence-corrected chi connectivity index (χ3v) is 2.26. The van der Waals surface area contributed by atoms with Crippen LogP contribution in [0, 0.1) is 0 Å². The normalized spacial score (nSPS) is 15.4. The van der Waals surface area contributed by atoms with E-state index in [0.717, 1.165) is 12.0 Å². The van der Waals surface area contributed by atoms with Crippen LogP contribution in [0.5, 0.6) is 0 Å². The van der Waals surface area contributed by atoms with Crippen LogP contribution >= 0.6 is 0 Å². The maximum absolute atomic E-state index is 9.31. The smallest absolute Gasteiger partial charge is 0.0704 e. The van der Waals surface area contributed by atoms with Crippen LogP contribution in [-0.2, 0) is 6.42 Å². The number of aryl methyl sites for hydroxylation is 1. The molecule has 0 saturated heterocycles. The number of rotatable bonds is 3. The zero-order valence-electron chi connectivity index (χ0n) is 8.20. The van der Waals surface area contributed by atoms with Gasteiger partial charge in [-0.1, -0.05) is 31.2 Å². The second-order valence-electron chi connectivity index (χ2n) is 3.36. The molecule has 0 amide bonds. The van der Waals surface area contributed by atoms with E-state index >= 15 is 0 Å². The summed E-state index contributed by atoms with van der Waals surface area (Å²) in [5.41, 5.74) is 8.08. The van der Waals surface area contributed by atoms with E-state index in [1.54, 1.807) is 6.92 Å². The molecule has 2 atom stereocenters. The Bertz CT molecular complexity index is 271. The molecule has 72 valence electrons. The highest BCUT2D eigenvalue weighted by molar-refractivity contribution is 5.26. The Balaban J connectivity index is 2.88. The van der Waals surface area contributed by atoms with Gasteiger partial charge >= 0.3 is 0 Å². The van der Waals surface area contributed by atoms with Crippen LogP contribution in [0.3, 0.4) is 0 Å². The molecule has 1 rings (SSSR count). The molecule has 0 aromatic heterocycles. The highest BCUT2D eigenvalue weighted by Gasteiger charge is 2.11. The first-order chi connectivity index (χ1) is 6.15. The summed E-state index contributed by atoms with van der Waals surface area (Å²) < 4.78 is 0. The van der Waals surface area contributed by atoms with Gasteiger partial charge < -0.3 is 10.8 Å². The summed E-state index contributed by atoms with van der Waals surface area (Å²) in [5.74, 6) is 0. The van der Waals surface area contributed by atoms with E-state index in [-0.39, 0.29) is 6.04 Å². The molecule has 0 aliphatic carbocycles. The summed E-state index contributed by atoms with van der Waals surface area (Å²) in [6.45, 7) is 3.82. The minimum Gasteiger partial charge on any atom is -0.391 e. The number of aliphatic hydroxyl groups is 1. The van der Waals surface area contributed by atoms with Gasteiger partial charge in [-0.15, -0.1) is 0 Å². The van der Waals surface area contributed by atoms with E-state index in [1.807, 2.05) is 12.1 Å². The van der Waals surface area contributed by atoms with E-state index in [1.165, 1.54) is 5.56 Å². The molecule has 0 radical (unpaired) electrons. The van der Waals surface area contributed by atoms with Gasteiger partial charge in [0, 0.05) is 0 Å². The SMILES string of the molecule is CCc1cccc([C@H](N)[C@H](C)O)c1. The lowest BCUT2D eigenvalue weighted by atomic mass is 10.0. The average molecular weight is 179 g/mol. The number of nitrogens with two attached hydrogens (primary N) is 1. The zero-order valence-corrected chi connectivity index (χ0v) is 8.20. The number of hydrogen-bond acceptors (Lipinski definition) is 2. The summed E-state index contributed by atoms with van der Waals surface area (Å²) in [6.07, 6.45) is 0.507. The van der Waals surface area contributed by atoms with Gasteiger partial charge in [0.05, 0.1) is 12.1 Å². The lowest BCUT2D eigenvalue weighted by Crippen LogP contribution is -2.23. The van der Waals surface area contributed by atoms with Gasteiger partial charge in [0.2, 0.25) is 0 Å². The Morgan fingerprint density at radius 2 is 2.15 bits per heavy atom. The van der Waals surface area contributed by atoms with E-state index in [2.05, 4.69) is 19.1 Å². The minimum absolute atomic E-state index is 0.272. The van der Waals surface area contributed by atoms with Crippen molar-refractivity contribution < 1.29 is 5.11 Å². The first kappa shape index (κ1) is 10.2. The molecular formula is C11H17NO. The van der Waals surface area contributed by atoms with Crippen LogP contribution in [-0.4, -0.2) is 11.2 Å². The van der Waals surface area contributed by atoms with Crippen LogP contribution in [0.25, 0.3) is 0 Å². The largest absolute Gasteiger partial charge is 0.391 e. The molecular weight excluding hydrogens is 162 g/mol. The Labute approximate surface area is 79.4 Å². The highest BCUT2D eigenvalue weighted by atomic mass is 16.3. The predicted molar refractivity (Wildman–Crippen MR) is 54.4 cm³/mol. The Morgan fingerprint density at radius 3 is 2.69 bits per heavy atom. The van der Waals surface area contributed by atoms with Crippen LogP contribution in [0.4, 0.5) is 0 Å². The third-order valence-electron chi connectivity index (χ3n) is 2.26. The van der Waals surface area contributed by atoms with Gasteiger partial charge in [0.15, 0.2) is 0 Å². The van der Waals surface area contributed by atoms with Gasteiger partial charge in [-0.2, -0.15) is 0 Å². The molecule has 1 aromatic carbocycles. The Morgan fingerprint density at radius 1 is 1.46 bits per heavy atom. The van der Waals surface area contributed by atoms with Crippen molar-refractivity contribution in [2.75, 3.05) is 0 Å².